The summed E-state index contributed by atoms with van der Waals surface area (Å²) in [7, 11) is -3.73. The zero-order valence-corrected chi connectivity index (χ0v) is 12.0. The number of aliphatic hydroxyl groups excluding tert-OH is 1. The van der Waals surface area contributed by atoms with Gasteiger partial charge in [-0.05, 0) is 31.0 Å². The van der Waals surface area contributed by atoms with E-state index in [2.05, 4.69) is 4.72 Å². The van der Waals surface area contributed by atoms with Gasteiger partial charge in [0.05, 0.1) is 17.4 Å². The molecule has 0 amide bonds. The highest BCUT2D eigenvalue weighted by Crippen LogP contribution is 2.14. The first-order valence-corrected chi connectivity index (χ1v) is 7.86. The highest BCUT2D eigenvalue weighted by molar-refractivity contribution is 7.88. The zero-order valence-electron chi connectivity index (χ0n) is 11.1. The van der Waals surface area contributed by atoms with E-state index in [9.17, 15) is 12.8 Å². The lowest BCUT2D eigenvalue weighted by molar-refractivity contribution is 0.270. The SMILES string of the molecule is CCC(CCO)NS(=O)(=O)Cc1cc(C#N)ccc1F. The van der Waals surface area contributed by atoms with Crippen LogP contribution >= 0.6 is 0 Å². The molecule has 1 unspecified atom stereocenters. The quantitative estimate of drug-likeness (QED) is 0.793. The Hall–Kier alpha value is -1.49. The van der Waals surface area contributed by atoms with Crippen LogP contribution in [0.1, 0.15) is 30.9 Å². The van der Waals surface area contributed by atoms with Gasteiger partial charge in [-0.25, -0.2) is 17.5 Å². The standard InChI is InChI=1S/C13H17FN2O3S/c1-2-12(5-6-17)16-20(18,19)9-11-7-10(8-15)3-4-13(11)14/h3-4,7,12,16-17H,2,5-6,9H2,1H3. The molecule has 0 saturated carbocycles. The number of nitrogens with one attached hydrogen (secondary N) is 1. The minimum absolute atomic E-state index is 0.0459. The van der Waals surface area contributed by atoms with Crippen LogP contribution < -0.4 is 4.72 Å². The van der Waals surface area contributed by atoms with Gasteiger partial charge in [-0.1, -0.05) is 6.92 Å². The summed E-state index contributed by atoms with van der Waals surface area (Å²) in [6.07, 6.45) is 0.830. The largest absolute Gasteiger partial charge is 0.396 e. The molecule has 0 radical (unpaired) electrons. The van der Waals surface area contributed by atoms with Crippen molar-refractivity contribution in [3.63, 3.8) is 0 Å². The van der Waals surface area contributed by atoms with Gasteiger partial charge in [-0.2, -0.15) is 5.26 Å². The summed E-state index contributed by atoms with van der Waals surface area (Å²) in [5.41, 5.74) is 0.161. The third kappa shape index (κ3) is 4.89. The van der Waals surface area contributed by atoms with E-state index in [4.69, 9.17) is 10.4 Å². The normalized spacial score (nSPS) is 12.9. The average molecular weight is 300 g/mol. The first kappa shape index (κ1) is 16.6. The number of halogens is 1. The molecular weight excluding hydrogens is 283 g/mol. The Morgan fingerprint density at radius 1 is 1.50 bits per heavy atom. The lowest BCUT2D eigenvalue weighted by atomic mass is 10.1. The van der Waals surface area contributed by atoms with Gasteiger partial charge < -0.3 is 5.11 Å². The second-order valence-electron chi connectivity index (χ2n) is 4.41. The van der Waals surface area contributed by atoms with Crippen LogP contribution in [-0.4, -0.2) is 26.2 Å². The topological polar surface area (TPSA) is 90.2 Å². The molecule has 0 fully saturated rings. The number of sulfonamides is 1. The molecule has 0 heterocycles. The number of hydrogen-bond donors (Lipinski definition) is 2. The van der Waals surface area contributed by atoms with Crippen molar-refractivity contribution >= 4 is 10.0 Å². The molecule has 1 atom stereocenters. The molecule has 110 valence electrons. The third-order valence-corrected chi connectivity index (χ3v) is 4.22. The first-order chi connectivity index (χ1) is 9.41. The van der Waals surface area contributed by atoms with Crippen LogP contribution in [0.3, 0.4) is 0 Å². The molecule has 0 bridgehead atoms. The highest BCUT2D eigenvalue weighted by atomic mass is 32.2. The highest BCUT2D eigenvalue weighted by Gasteiger charge is 2.19. The van der Waals surface area contributed by atoms with Crippen LogP contribution in [0.2, 0.25) is 0 Å². The molecule has 5 nitrogen and oxygen atoms in total. The fraction of sp³-hybridized carbons (Fsp3) is 0.462. The van der Waals surface area contributed by atoms with Crippen molar-refractivity contribution in [2.24, 2.45) is 0 Å². The molecule has 0 saturated heterocycles. The molecular formula is C13H17FN2O3S. The number of aliphatic hydroxyl groups is 1. The molecule has 0 aliphatic carbocycles. The van der Waals surface area contributed by atoms with Crippen molar-refractivity contribution in [3.8, 4) is 6.07 Å². The molecule has 0 aliphatic heterocycles. The van der Waals surface area contributed by atoms with E-state index in [1.807, 2.05) is 6.07 Å². The van der Waals surface area contributed by atoms with Gasteiger partial charge in [-0.3, -0.25) is 0 Å². The van der Waals surface area contributed by atoms with Crippen molar-refractivity contribution in [2.45, 2.75) is 31.6 Å². The third-order valence-electron chi connectivity index (χ3n) is 2.84. The fourth-order valence-electron chi connectivity index (χ4n) is 1.76. The van der Waals surface area contributed by atoms with E-state index < -0.39 is 21.6 Å². The number of hydrogen-bond acceptors (Lipinski definition) is 4. The van der Waals surface area contributed by atoms with Gasteiger partial charge in [0.2, 0.25) is 10.0 Å². The average Bonchev–Trinajstić information content (AvgIpc) is 2.40. The van der Waals surface area contributed by atoms with Crippen molar-refractivity contribution in [1.82, 2.24) is 4.72 Å². The molecule has 7 heteroatoms. The van der Waals surface area contributed by atoms with E-state index in [1.54, 1.807) is 6.92 Å². The molecule has 1 aromatic carbocycles. The summed E-state index contributed by atoms with van der Waals surface area (Å²) in [6, 6.07) is 5.05. The van der Waals surface area contributed by atoms with Crippen LogP contribution in [0, 0.1) is 17.1 Å². The smallest absolute Gasteiger partial charge is 0.216 e. The monoisotopic (exact) mass is 300 g/mol. The summed E-state index contributed by atoms with van der Waals surface area (Å²) in [6.45, 7) is 1.67. The minimum atomic E-state index is -3.73. The minimum Gasteiger partial charge on any atom is -0.396 e. The molecule has 0 spiro atoms. The number of rotatable bonds is 7. The van der Waals surface area contributed by atoms with Crippen molar-refractivity contribution in [1.29, 1.82) is 5.26 Å². The Balaban J connectivity index is 2.88. The second-order valence-corrected chi connectivity index (χ2v) is 6.17. The zero-order chi connectivity index (χ0) is 15.2. The van der Waals surface area contributed by atoms with Crippen molar-refractivity contribution in [3.05, 3.63) is 35.1 Å². The molecule has 0 aliphatic rings. The maximum Gasteiger partial charge on any atom is 0.216 e. The van der Waals surface area contributed by atoms with Crippen LogP contribution in [0.5, 0.6) is 0 Å². The molecule has 0 aromatic heterocycles. The van der Waals surface area contributed by atoms with Gasteiger partial charge in [0.15, 0.2) is 0 Å². The van der Waals surface area contributed by atoms with Gasteiger partial charge >= 0.3 is 0 Å². The number of nitriles is 1. The predicted octanol–water partition coefficient (Wildman–Crippen LogP) is 1.28. The van der Waals surface area contributed by atoms with E-state index >= 15 is 0 Å². The Morgan fingerprint density at radius 3 is 2.75 bits per heavy atom. The Bertz CT molecular complexity index is 596. The summed E-state index contributed by atoms with van der Waals surface area (Å²) in [5, 5.41) is 17.6. The molecule has 1 aromatic rings. The molecule has 1 rings (SSSR count). The van der Waals surface area contributed by atoms with Crippen LogP contribution in [0.25, 0.3) is 0 Å². The molecule has 20 heavy (non-hydrogen) atoms. The number of benzene rings is 1. The van der Waals surface area contributed by atoms with Gasteiger partial charge in [0.1, 0.15) is 5.82 Å². The van der Waals surface area contributed by atoms with E-state index in [0.717, 1.165) is 6.07 Å². The van der Waals surface area contributed by atoms with Crippen LogP contribution in [0.4, 0.5) is 4.39 Å². The van der Waals surface area contributed by atoms with E-state index in [-0.39, 0.29) is 23.8 Å². The maximum absolute atomic E-state index is 13.6. The van der Waals surface area contributed by atoms with E-state index in [1.165, 1.54) is 12.1 Å². The lowest BCUT2D eigenvalue weighted by Gasteiger charge is -2.16. The first-order valence-electron chi connectivity index (χ1n) is 6.21. The second kappa shape index (κ2) is 7.33. The van der Waals surface area contributed by atoms with Gasteiger partial charge in [0.25, 0.3) is 0 Å². The summed E-state index contributed by atoms with van der Waals surface area (Å²) in [5.74, 6) is -1.19. The Labute approximate surface area is 118 Å². The van der Waals surface area contributed by atoms with Gasteiger partial charge in [-0.15, -0.1) is 0 Å². The Morgan fingerprint density at radius 2 is 2.20 bits per heavy atom. The number of nitrogens with zero attached hydrogens (tertiary/aromatic N) is 1. The lowest BCUT2D eigenvalue weighted by Crippen LogP contribution is -2.36. The Kier molecular flexibility index (Phi) is 6.07. The predicted molar refractivity (Wildman–Crippen MR) is 72.7 cm³/mol. The summed E-state index contributed by atoms with van der Waals surface area (Å²) < 4.78 is 39.9. The van der Waals surface area contributed by atoms with Crippen molar-refractivity contribution in [2.75, 3.05) is 6.61 Å². The summed E-state index contributed by atoms with van der Waals surface area (Å²) >= 11 is 0. The summed E-state index contributed by atoms with van der Waals surface area (Å²) in [4.78, 5) is 0. The van der Waals surface area contributed by atoms with Gasteiger partial charge in [0, 0.05) is 18.2 Å². The molecule has 2 N–H and O–H groups in total. The van der Waals surface area contributed by atoms with Crippen molar-refractivity contribution < 1.29 is 17.9 Å². The van der Waals surface area contributed by atoms with E-state index in [0.29, 0.717) is 12.8 Å². The maximum atomic E-state index is 13.6. The fourth-order valence-corrected chi connectivity index (χ4v) is 3.26. The van der Waals surface area contributed by atoms with Crippen LogP contribution in [-0.2, 0) is 15.8 Å². The van der Waals surface area contributed by atoms with Crippen LogP contribution in [0.15, 0.2) is 18.2 Å².